The molecule has 4 nitrogen and oxygen atoms in total. The van der Waals surface area contributed by atoms with E-state index in [-0.39, 0.29) is 11.3 Å². The van der Waals surface area contributed by atoms with Gasteiger partial charge in [-0.25, -0.2) is 0 Å². The highest BCUT2D eigenvalue weighted by Gasteiger charge is 2.37. The van der Waals surface area contributed by atoms with Crippen molar-refractivity contribution in [3.8, 4) is 0 Å². The Morgan fingerprint density at radius 3 is 2.78 bits per heavy atom. The molecule has 0 spiro atoms. The largest absolute Gasteiger partial charge is 0.353 e. The molecule has 1 saturated heterocycles. The lowest BCUT2D eigenvalue weighted by atomic mass is 9.76. The Kier molecular flexibility index (Phi) is 4.07. The predicted octanol–water partition coefficient (Wildman–Crippen LogP) is 1.42. The van der Waals surface area contributed by atoms with Crippen molar-refractivity contribution in [1.29, 1.82) is 0 Å². The summed E-state index contributed by atoms with van der Waals surface area (Å²) in [6.07, 6.45) is 4.82. The van der Waals surface area contributed by atoms with E-state index < -0.39 is 0 Å². The summed E-state index contributed by atoms with van der Waals surface area (Å²) in [7, 11) is 2.00. The van der Waals surface area contributed by atoms with Gasteiger partial charge in [0.2, 0.25) is 5.91 Å². The Bertz CT molecular complexity index is 405. The molecule has 0 unspecified atom stereocenters. The van der Waals surface area contributed by atoms with E-state index in [2.05, 4.69) is 17.6 Å². The molecule has 0 saturated carbocycles. The highest BCUT2D eigenvalue weighted by Crippen LogP contribution is 2.32. The number of nitrogens with one attached hydrogen (secondary N) is 2. The molecule has 1 aliphatic heterocycles. The molecule has 0 aliphatic carbocycles. The first kappa shape index (κ1) is 13.1. The van der Waals surface area contributed by atoms with Gasteiger partial charge in [0.25, 0.3) is 0 Å². The molecule has 0 bridgehead atoms. The maximum absolute atomic E-state index is 12.4. The minimum absolute atomic E-state index is 0.156. The second kappa shape index (κ2) is 5.57. The van der Waals surface area contributed by atoms with Gasteiger partial charge in [0.05, 0.1) is 12.0 Å². The number of amides is 1. The fourth-order valence-electron chi connectivity index (χ4n) is 2.68. The van der Waals surface area contributed by atoms with Crippen LogP contribution in [0.25, 0.3) is 0 Å². The van der Waals surface area contributed by atoms with Crippen LogP contribution in [0.15, 0.2) is 18.3 Å². The number of aryl methyl sites for hydroxylation is 1. The quantitative estimate of drug-likeness (QED) is 0.848. The number of nitrogens with zero attached hydrogens (tertiary/aromatic N) is 1. The second-order valence-corrected chi connectivity index (χ2v) is 5.18. The van der Waals surface area contributed by atoms with E-state index in [1.807, 2.05) is 29.9 Å². The summed E-state index contributed by atoms with van der Waals surface area (Å²) in [6.45, 7) is 4.64. The summed E-state index contributed by atoms with van der Waals surface area (Å²) < 4.78 is 2.04. The van der Waals surface area contributed by atoms with Crippen LogP contribution in [-0.2, 0) is 18.4 Å². The molecule has 1 aliphatic rings. The second-order valence-electron chi connectivity index (χ2n) is 5.18. The first-order valence-corrected chi connectivity index (χ1v) is 6.77. The summed E-state index contributed by atoms with van der Waals surface area (Å²) in [5.41, 5.74) is 0.986. The Morgan fingerprint density at radius 1 is 1.50 bits per heavy atom. The van der Waals surface area contributed by atoms with Crippen molar-refractivity contribution in [2.75, 3.05) is 13.1 Å². The predicted molar refractivity (Wildman–Crippen MR) is 72.1 cm³/mol. The summed E-state index contributed by atoms with van der Waals surface area (Å²) in [5, 5.41) is 6.42. The zero-order chi connectivity index (χ0) is 13.0. The van der Waals surface area contributed by atoms with Crippen molar-refractivity contribution in [2.24, 2.45) is 12.5 Å². The third-order valence-electron chi connectivity index (χ3n) is 4.20. The van der Waals surface area contributed by atoms with Crippen LogP contribution in [0, 0.1) is 5.41 Å². The number of aromatic nitrogens is 1. The summed E-state index contributed by atoms with van der Waals surface area (Å²) in [6, 6.07) is 4.04. The highest BCUT2D eigenvalue weighted by molar-refractivity contribution is 5.82. The molecule has 0 atom stereocenters. The standard InChI is InChI=1S/C14H23N3O/c1-3-14(6-8-15-9-7-14)13(18)16-11-12-5-4-10-17(12)2/h4-5,10,15H,3,6-9,11H2,1-2H3,(H,16,18). The molecule has 2 rings (SSSR count). The molecule has 0 aromatic carbocycles. The molecular weight excluding hydrogens is 226 g/mol. The maximum atomic E-state index is 12.4. The maximum Gasteiger partial charge on any atom is 0.226 e. The Morgan fingerprint density at radius 2 is 2.22 bits per heavy atom. The zero-order valence-electron chi connectivity index (χ0n) is 11.3. The van der Waals surface area contributed by atoms with Gasteiger partial charge in [-0.15, -0.1) is 0 Å². The normalized spacial score (nSPS) is 18.6. The van der Waals surface area contributed by atoms with E-state index in [0.29, 0.717) is 6.54 Å². The van der Waals surface area contributed by atoms with Crippen molar-refractivity contribution in [1.82, 2.24) is 15.2 Å². The van der Waals surface area contributed by atoms with E-state index in [1.54, 1.807) is 0 Å². The number of hydrogen-bond donors (Lipinski definition) is 2. The first-order chi connectivity index (χ1) is 8.68. The average Bonchev–Trinajstić information content (AvgIpc) is 2.82. The van der Waals surface area contributed by atoms with E-state index in [4.69, 9.17) is 0 Å². The molecule has 1 amide bonds. The molecule has 18 heavy (non-hydrogen) atoms. The van der Waals surface area contributed by atoms with Gasteiger partial charge in [0.1, 0.15) is 0 Å². The summed E-state index contributed by atoms with van der Waals surface area (Å²) in [4.78, 5) is 12.4. The van der Waals surface area contributed by atoms with Crippen molar-refractivity contribution in [3.05, 3.63) is 24.0 Å². The molecular formula is C14H23N3O. The number of carbonyl (C=O) groups excluding carboxylic acids is 1. The van der Waals surface area contributed by atoms with Crippen molar-refractivity contribution >= 4 is 5.91 Å². The SMILES string of the molecule is CCC1(C(=O)NCc2cccn2C)CCNCC1. The Balaban J connectivity index is 1.96. The van der Waals surface area contributed by atoms with Crippen LogP contribution in [0.2, 0.25) is 0 Å². The molecule has 2 N–H and O–H groups in total. The topological polar surface area (TPSA) is 46.1 Å². The van der Waals surface area contributed by atoms with E-state index in [9.17, 15) is 4.79 Å². The number of piperidine rings is 1. The lowest BCUT2D eigenvalue weighted by Gasteiger charge is -2.35. The van der Waals surface area contributed by atoms with Crippen molar-refractivity contribution in [2.45, 2.75) is 32.7 Å². The van der Waals surface area contributed by atoms with Crippen LogP contribution in [0.1, 0.15) is 31.9 Å². The molecule has 2 heterocycles. The zero-order valence-corrected chi connectivity index (χ0v) is 11.3. The smallest absolute Gasteiger partial charge is 0.226 e. The van der Waals surface area contributed by atoms with E-state index in [1.165, 1.54) is 0 Å². The van der Waals surface area contributed by atoms with Crippen LogP contribution in [-0.4, -0.2) is 23.6 Å². The minimum atomic E-state index is -0.156. The van der Waals surface area contributed by atoms with Gasteiger partial charge in [0, 0.05) is 18.9 Å². The van der Waals surface area contributed by atoms with Gasteiger partial charge in [-0.2, -0.15) is 0 Å². The molecule has 0 radical (unpaired) electrons. The van der Waals surface area contributed by atoms with Gasteiger partial charge < -0.3 is 15.2 Å². The number of carbonyl (C=O) groups is 1. The van der Waals surface area contributed by atoms with Gasteiger partial charge in [-0.3, -0.25) is 4.79 Å². The molecule has 1 fully saturated rings. The molecule has 4 heteroatoms. The number of hydrogen-bond acceptors (Lipinski definition) is 2. The molecule has 100 valence electrons. The van der Waals surface area contributed by atoms with Crippen molar-refractivity contribution < 1.29 is 4.79 Å². The van der Waals surface area contributed by atoms with E-state index in [0.717, 1.165) is 38.0 Å². The van der Waals surface area contributed by atoms with Gasteiger partial charge in [0.15, 0.2) is 0 Å². The van der Waals surface area contributed by atoms with Crippen LogP contribution in [0.3, 0.4) is 0 Å². The lowest BCUT2D eigenvalue weighted by molar-refractivity contribution is -0.133. The fourth-order valence-corrected chi connectivity index (χ4v) is 2.68. The van der Waals surface area contributed by atoms with Gasteiger partial charge in [-0.05, 0) is 44.5 Å². The average molecular weight is 249 g/mol. The molecule has 1 aromatic rings. The van der Waals surface area contributed by atoms with Crippen LogP contribution in [0.4, 0.5) is 0 Å². The van der Waals surface area contributed by atoms with Gasteiger partial charge >= 0.3 is 0 Å². The van der Waals surface area contributed by atoms with Crippen LogP contribution >= 0.6 is 0 Å². The van der Waals surface area contributed by atoms with Crippen molar-refractivity contribution in [3.63, 3.8) is 0 Å². The third kappa shape index (κ3) is 2.58. The Hall–Kier alpha value is -1.29. The first-order valence-electron chi connectivity index (χ1n) is 6.77. The van der Waals surface area contributed by atoms with Crippen LogP contribution < -0.4 is 10.6 Å². The lowest BCUT2D eigenvalue weighted by Crippen LogP contribution is -2.47. The van der Waals surface area contributed by atoms with E-state index >= 15 is 0 Å². The molecule has 1 aromatic heterocycles. The highest BCUT2D eigenvalue weighted by atomic mass is 16.2. The third-order valence-corrected chi connectivity index (χ3v) is 4.20. The van der Waals surface area contributed by atoms with Crippen LogP contribution in [0.5, 0.6) is 0 Å². The summed E-state index contributed by atoms with van der Waals surface area (Å²) >= 11 is 0. The summed E-state index contributed by atoms with van der Waals surface area (Å²) in [5.74, 6) is 0.215. The minimum Gasteiger partial charge on any atom is -0.353 e. The number of rotatable bonds is 4. The Labute approximate surface area is 109 Å². The fraction of sp³-hybridized carbons (Fsp3) is 0.643. The van der Waals surface area contributed by atoms with Gasteiger partial charge in [-0.1, -0.05) is 6.92 Å². The monoisotopic (exact) mass is 249 g/mol.